The van der Waals surface area contributed by atoms with E-state index < -0.39 is 11.0 Å². The van der Waals surface area contributed by atoms with E-state index in [1.165, 1.54) is 17.8 Å². The first-order valence-electron chi connectivity index (χ1n) is 6.32. The van der Waals surface area contributed by atoms with Gasteiger partial charge in [-0.15, -0.1) is 11.8 Å². The van der Waals surface area contributed by atoms with Crippen LogP contribution in [-0.2, 0) is 0 Å². The van der Waals surface area contributed by atoms with Crippen LogP contribution in [0, 0.1) is 10.1 Å². The molecule has 1 aromatic rings. The quantitative estimate of drug-likeness (QED) is 0.523. The Morgan fingerprint density at radius 3 is 2.90 bits per heavy atom. The van der Waals surface area contributed by atoms with Crippen LogP contribution in [0.25, 0.3) is 0 Å². The molecular weight excluding hydrogens is 280 g/mol. The molecule has 2 rings (SSSR count). The zero-order valence-corrected chi connectivity index (χ0v) is 11.9. The SMILES string of the molecule is CSc1ccc(C(=O)N2CCCC(O)C2)cc1[N+](=O)[O-]. The van der Waals surface area contributed by atoms with Gasteiger partial charge in [0.25, 0.3) is 11.6 Å². The molecule has 7 heteroatoms. The Labute approximate surface area is 120 Å². The van der Waals surface area contributed by atoms with E-state index in [-0.39, 0.29) is 18.1 Å². The predicted molar refractivity (Wildman–Crippen MR) is 76.0 cm³/mol. The summed E-state index contributed by atoms with van der Waals surface area (Å²) in [5, 5.41) is 20.6. The molecule has 1 atom stereocenters. The zero-order chi connectivity index (χ0) is 14.7. The van der Waals surface area contributed by atoms with Crippen LogP contribution in [0.4, 0.5) is 5.69 Å². The molecule has 20 heavy (non-hydrogen) atoms. The second-order valence-corrected chi connectivity index (χ2v) is 5.54. The second-order valence-electron chi connectivity index (χ2n) is 4.69. The maximum absolute atomic E-state index is 12.3. The number of nitrogens with zero attached hydrogens (tertiary/aromatic N) is 2. The molecule has 1 amide bonds. The van der Waals surface area contributed by atoms with Crippen molar-refractivity contribution in [3.8, 4) is 0 Å². The van der Waals surface area contributed by atoms with E-state index in [2.05, 4.69) is 0 Å². The second kappa shape index (κ2) is 6.23. The predicted octanol–water partition coefficient (Wildman–Crippen LogP) is 1.91. The Kier molecular flexibility index (Phi) is 4.61. The van der Waals surface area contributed by atoms with Gasteiger partial charge in [0.15, 0.2) is 0 Å². The van der Waals surface area contributed by atoms with Gasteiger partial charge in [-0.3, -0.25) is 14.9 Å². The van der Waals surface area contributed by atoms with Gasteiger partial charge in [0.1, 0.15) is 0 Å². The average Bonchev–Trinajstić information content (AvgIpc) is 2.45. The van der Waals surface area contributed by atoms with Crippen molar-refractivity contribution < 1.29 is 14.8 Å². The largest absolute Gasteiger partial charge is 0.391 e. The van der Waals surface area contributed by atoms with Crippen LogP contribution in [0.5, 0.6) is 0 Å². The number of hydrogen-bond donors (Lipinski definition) is 1. The number of thioether (sulfide) groups is 1. The minimum absolute atomic E-state index is 0.0547. The molecule has 1 aromatic carbocycles. The maximum atomic E-state index is 12.3. The summed E-state index contributed by atoms with van der Waals surface area (Å²) in [5.41, 5.74) is 0.240. The Hall–Kier alpha value is -1.60. The third-order valence-corrected chi connectivity index (χ3v) is 4.09. The fraction of sp³-hybridized carbons (Fsp3) is 0.462. The van der Waals surface area contributed by atoms with Gasteiger partial charge in [0.05, 0.1) is 15.9 Å². The average molecular weight is 296 g/mol. The van der Waals surface area contributed by atoms with Gasteiger partial charge in [-0.2, -0.15) is 0 Å². The van der Waals surface area contributed by atoms with Gasteiger partial charge in [-0.1, -0.05) is 0 Å². The highest BCUT2D eigenvalue weighted by atomic mass is 32.2. The minimum atomic E-state index is -0.506. The van der Waals surface area contributed by atoms with Crippen LogP contribution in [0.1, 0.15) is 23.2 Å². The Balaban J connectivity index is 2.26. The summed E-state index contributed by atoms with van der Waals surface area (Å²) in [5.74, 6) is -0.264. The molecule has 0 bridgehead atoms. The van der Waals surface area contributed by atoms with Crippen molar-refractivity contribution in [2.45, 2.75) is 23.8 Å². The monoisotopic (exact) mass is 296 g/mol. The van der Waals surface area contributed by atoms with Crippen molar-refractivity contribution in [2.75, 3.05) is 19.3 Å². The normalized spacial score (nSPS) is 18.9. The molecule has 1 aliphatic heterocycles. The van der Waals surface area contributed by atoms with Crippen molar-refractivity contribution in [1.29, 1.82) is 0 Å². The molecule has 0 spiro atoms. The maximum Gasteiger partial charge on any atom is 0.283 e. The van der Waals surface area contributed by atoms with Crippen molar-refractivity contribution in [3.63, 3.8) is 0 Å². The van der Waals surface area contributed by atoms with Gasteiger partial charge in [0.2, 0.25) is 0 Å². The summed E-state index contributed by atoms with van der Waals surface area (Å²) in [6.45, 7) is 0.866. The number of piperidine rings is 1. The number of carbonyl (C=O) groups excluding carboxylic acids is 1. The number of hydrogen-bond acceptors (Lipinski definition) is 5. The summed E-state index contributed by atoms with van der Waals surface area (Å²) in [6, 6.07) is 4.51. The summed E-state index contributed by atoms with van der Waals surface area (Å²) in [4.78, 5) is 24.9. The fourth-order valence-electron chi connectivity index (χ4n) is 2.29. The standard InChI is InChI=1S/C13H16N2O4S/c1-20-12-5-4-9(7-11(12)15(18)19)13(17)14-6-2-3-10(16)8-14/h4-5,7,10,16H,2-3,6,8H2,1H3. The highest BCUT2D eigenvalue weighted by molar-refractivity contribution is 7.98. The number of nitro groups is 1. The Morgan fingerprint density at radius 1 is 1.55 bits per heavy atom. The fourth-order valence-corrected chi connectivity index (χ4v) is 2.83. The Morgan fingerprint density at radius 2 is 2.30 bits per heavy atom. The zero-order valence-electron chi connectivity index (χ0n) is 11.1. The topological polar surface area (TPSA) is 83.7 Å². The lowest BCUT2D eigenvalue weighted by Gasteiger charge is -2.30. The van der Waals surface area contributed by atoms with Crippen LogP contribution >= 0.6 is 11.8 Å². The number of rotatable bonds is 3. The summed E-state index contributed by atoms with van der Waals surface area (Å²) in [6.07, 6.45) is 2.69. The molecule has 108 valence electrons. The number of β-amino-alcohol motifs (C(OH)–C–C–N with tert-alkyl or cyclic N) is 1. The summed E-state index contributed by atoms with van der Waals surface area (Å²) < 4.78 is 0. The lowest BCUT2D eigenvalue weighted by Crippen LogP contribution is -2.42. The van der Waals surface area contributed by atoms with E-state index in [4.69, 9.17) is 0 Å². The molecule has 0 aromatic heterocycles. The number of carbonyl (C=O) groups is 1. The van der Waals surface area contributed by atoms with Crippen molar-refractivity contribution >= 4 is 23.4 Å². The molecule has 1 fully saturated rings. The molecule has 1 heterocycles. The van der Waals surface area contributed by atoms with Crippen LogP contribution in [0.2, 0.25) is 0 Å². The van der Waals surface area contributed by atoms with Crippen molar-refractivity contribution in [1.82, 2.24) is 4.90 Å². The Bertz CT molecular complexity index is 535. The molecule has 0 radical (unpaired) electrons. The van der Waals surface area contributed by atoms with Gasteiger partial charge < -0.3 is 10.0 Å². The number of likely N-dealkylation sites (tertiary alicyclic amines) is 1. The van der Waals surface area contributed by atoms with E-state index in [1.807, 2.05) is 0 Å². The number of benzene rings is 1. The lowest BCUT2D eigenvalue weighted by molar-refractivity contribution is -0.387. The molecule has 0 aliphatic carbocycles. The molecule has 6 nitrogen and oxygen atoms in total. The molecule has 0 saturated carbocycles. The third-order valence-electron chi connectivity index (χ3n) is 3.31. The van der Waals surface area contributed by atoms with Gasteiger partial charge in [-0.25, -0.2) is 0 Å². The van der Waals surface area contributed by atoms with E-state index >= 15 is 0 Å². The molecule has 1 saturated heterocycles. The number of amides is 1. The van der Waals surface area contributed by atoms with E-state index in [1.54, 1.807) is 23.3 Å². The molecule has 1 aliphatic rings. The number of nitro benzene ring substituents is 1. The van der Waals surface area contributed by atoms with Crippen LogP contribution in [0.15, 0.2) is 23.1 Å². The number of aliphatic hydroxyl groups excluding tert-OH is 1. The first-order chi connectivity index (χ1) is 9.52. The number of aliphatic hydroxyl groups is 1. The van der Waals surface area contributed by atoms with Gasteiger partial charge in [-0.05, 0) is 31.2 Å². The van der Waals surface area contributed by atoms with Crippen LogP contribution < -0.4 is 0 Å². The molecular formula is C13H16N2O4S. The summed E-state index contributed by atoms with van der Waals surface area (Å²) in [7, 11) is 0. The highest BCUT2D eigenvalue weighted by Crippen LogP contribution is 2.29. The molecule has 1 N–H and O–H groups in total. The minimum Gasteiger partial charge on any atom is -0.391 e. The van der Waals surface area contributed by atoms with E-state index in [9.17, 15) is 20.0 Å². The van der Waals surface area contributed by atoms with Crippen molar-refractivity contribution in [3.05, 3.63) is 33.9 Å². The van der Waals surface area contributed by atoms with Crippen LogP contribution in [-0.4, -0.2) is 46.3 Å². The van der Waals surface area contributed by atoms with E-state index in [0.717, 1.165) is 6.42 Å². The first-order valence-corrected chi connectivity index (χ1v) is 7.55. The smallest absolute Gasteiger partial charge is 0.283 e. The lowest BCUT2D eigenvalue weighted by atomic mass is 10.1. The van der Waals surface area contributed by atoms with Gasteiger partial charge in [0, 0.05) is 24.7 Å². The molecule has 1 unspecified atom stereocenters. The summed E-state index contributed by atoms with van der Waals surface area (Å²) >= 11 is 1.27. The van der Waals surface area contributed by atoms with Crippen molar-refractivity contribution in [2.24, 2.45) is 0 Å². The van der Waals surface area contributed by atoms with E-state index in [0.29, 0.717) is 23.4 Å². The third kappa shape index (κ3) is 3.10. The van der Waals surface area contributed by atoms with Gasteiger partial charge >= 0.3 is 0 Å². The first kappa shape index (κ1) is 14.8. The van der Waals surface area contributed by atoms with Crippen LogP contribution in [0.3, 0.4) is 0 Å². The highest BCUT2D eigenvalue weighted by Gasteiger charge is 2.25.